The molecule has 0 aliphatic rings. The van der Waals surface area contributed by atoms with Crippen molar-refractivity contribution in [3.05, 3.63) is 72.3 Å². The highest BCUT2D eigenvalue weighted by molar-refractivity contribution is 7.80. The number of aryl methyl sites for hydroxylation is 1. The second-order valence-corrected chi connectivity index (χ2v) is 6.57. The molecule has 7 nitrogen and oxygen atoms in total. The second kappa shape index (κ2) is 8.07. The van der Waals surface area contributed by atoms with E-state index in [9.17, 15) is 4.79 Å². The van der Waals surface area contributed by atoms with E-state index in [1.807, 2.05) is 31.2 Å². The minimum absolute atomic E-state index is 0.195. The van der Waals surface area contributed by atoms with Crippen molar-refractivity contribution in [1.29, 1.82) is 0 Å². The fraction of sp³-hybridized carbons (Fsp3) is 0.0476. The minimum atomic E-state index is -0.354. The summed E-state index contributed by atoms with van der Waals surface area (Å²) < 4.78 is 10.9. The van der Waals surface area contributed by atoms with Gasteiger partial charge in [0.15, 0.2) is 16.3 Å². The lowest BCUT2D eigenvalue weighted by atomic mass is 10.1. The fourth-order valence-corrected chi connectivity index (χ4v) is 2.89. The number of hydrogen-bond donors (Lipinski definition) is 2. The number of amides is 1. The molecule has 0 aliphatic carbocycles. The van der Waals surface area contributed by atoms with Crippen LogP contribution in [0.15, 0.2) is 69.8 Å². The summed E-state index contributed by atoms with van der Waals surface area (Å²) >= 11 is 5.22. The normalized spacial score (nSPS) is 11.1. The first-order chi connectivity index (χ1) is 14.1. The molecule has 144 valence electrons. The molecule has 2 N–H and O–H groups in total. The number of pyridine rings is 1. The zero-order valence-electron chi connectivity index (χ0n) is 15.4. The van der Waals surface area contributed by atoms with Crippen LogP contribution in [-0.2, 0) is 4.79 Å². The van der Waals surface area contributed by atoms with Crippen LogP contribution in [0.25, 0.3) is 28.8 Å². The molecule has 3 heterocycles. The van der Waals surface area contributed by atoms with Crippen molar-refractivity contribution >= 4 is 46.2 Å². The zero-order valence-corrected chi connectivity index (χ0v) is 16.2. The molecule has 0 bridgehead atoms. The third kappa shape index (κ3) is 4.39. The molecule has 8 heteroatoms. The number of carbonyl (C=O) groups is 1. The van der Waals surface area contributed by atoms with Gasteiger partial charge in [-0.15, -0.1) is 0 Å². The first-order valence-electron chi connectivity index (χ1n) is 8.74. The van der Waals surface area contributed by atoms with Crippen molar-refractivity contribution in [1.82, 2.24) is 15.3 Å². The van der Waals surface area contributed by atoms with Crippen LogP contribution in [0.3, 0.4) is 0 Å². The number of benzene rings is 1. The molecule has 0 unspecified atom stereocenters. The third-order valence-electron chi connectivity index (χ3n) is 4.07. The molecule has 0 aliphatic heterocycles. The molecule has 3 aromatic heterocycles. The van der Waals surface area contributed by atoms with Crippen LogP contribution >= 0.6 is 12.2 Å². The number of carbonyl (C=O) groups excluding carboxylic acids is 1. The largest absolute Gasteiger partial charge is 0.465 e. The SMILES string of the molecule is Cc1cc(-c2nc3ncccc3o2)ccc1NC(=S)NC(=O)/C=C/c1ccco1. The minimum Gasteiger partial charge on any atom is -0.465 e. The molecule has 4 rings (SSSR count). The molecule has 29 heavy (non-hydrogen) atoms. The van der Waals surface area contributed by atoms with Gasteiger partial charge in [0.1, 0.15) is 5.76 Å². The van der Waals surface area contributed by atoms with E-state index in [-0.39, 0.29) is 11.0 Å². The number of fused-ring (bicyclic) bond motifs is 1. The maximum Gasteiger partial charge on any atom is 0.250 e. The number of oxazole rings is 1. The predicted molar refractivity (Wildman–Crippen MR) is 114 cm³/mol. The van der Waals surface area contributed by atoms with Crippen molar-refractivity contribution in [2.24, 2.45) is 0 Å². The Hall–Kier alpha value is -3.78. The summed E-state index contributed by atoms with van der Waals surface area (Å²) in [6, 6.07) is 12.8. The average Bonchev–Trinajstić information content (AvgIpc) is 3.37. The Kier molecular flexibility index (Phi) is 5.17. The Morgan fingerprint density at radius 2 is 2.10 bits per heavy atom. The molecule has 0 radical (unpaired) electrons. The number of hydrogen-bond acceptors (Lipinski definition) is 6. The fourth-order valence-electron chi connectivity index (χ4n) is 2.68. The maximum absolute atomic E-state index is 12.0. The van der Waals surface area contributed by atoms with Gasteiger partial charge < -0.3 is 14.2 Å². The van der Waals surface area contributed by atoms with Gasteiger partial charge >= 0.3 is 0 Å². The Balaban J connectivity index is 1.42. The molecule has 0 spiro atoms. The molecule has 0 atom stereocenters. The predicted octanol–water partition coefficient (Wildman–Crippen LogP) is 4.32. The lowest BCUT2D eigenvalue weighted by molar-refractivity contribution is -0.115. The summed E-state index contributed by atoms with van der Waals surface area (Å²) in [6.45, 7) is 1.92. The summed E-state index contributed by atoms with van der Waals surface area (Å²) in [7, 11) is 0. The number of nitrogens with zero attached hydrogens (tertiary/aromatic N) is 2. The average molecular weight is 404 g/mol. The summed E-state index contributed by atoms with van der Waals surface area (Å²) in [6.07, 6.45) is 6.12. The Bertz CT molecular complexity index is 1180. The van der Waals surface area contributed by atoms with Crippen LogP contribution in [0.4, 0.5) is 5.69 Å². The Morgan fingerprint density at radius 1 is 1.21 bits per heavy atom. The number of anilines is 1. The van der Waals surface area contributed by atoms with Crippen molar-refractivity contribution in [2.75, 3.05) is 5.32 Å². The molecular formula is C21H16N4O3S. The van der Waals surface area contributed by atoms with E-state index in [1.54, 1.807) is 30.5 Å². The van der Waals surface area contributed by atoms with Gasteiger partial charge in [-0.25, -0.2) is 4.98 Å². The first-order valence-corrected chi connectivity index (χ1v) is 9.15. The van der Waals surface area contributed by atoms with Crippen molar-refractivity contribution in [3.8, 4) is 11.5 Å². The van der Waals surface area contributed by atoms with Gasteiger partial charge in [0.25, 0.3) is 0 Å². The molecule has 0 saturated carbocycles. The van der Waals surface area contributed by atoms with Crippen LogP contribution in [0.2, 0.25) is 0 Å². The Morgan fingerprint density at radius 3 is 2.86 bits per heavy atom. The monoisotopic (exact) mass is 404 g/mol. The highest BCUT2D eigenvalue weighted by atomic mass is 32.1. The van der Waals surface area contributed by atoms with Gasteiger partial charge in [-0.3, -0.25) is 10.1 Å². The number of rotatable bonds is 4. The van der Waals surface area contributed by atoms with Gasteiger partial charge in [-0.1, -0.05) is 0 Å². The number of furan rings is 1. The van der Waals surface area contributed by atoms with E-state index in [1.165, 1.54) is 12.3 Å². The molecule has 1 aromatic carbocycles. The Labute approximate surface area is 171 Å². The highest BCUT2D eigenvalue weighted by Crippen LogP contribution is 2.26. The zero-order chi connectivity index (χ0) is 20.2. The third-order valence-corrected chi connectivity index (χ3v) is 4.27. The van der Waals surface area contributed by atoms with Crippen LogP contribution in [0.1, 0.15) is 11.3 Å². The second-order valence-electron chi connectivity index (χ2n) is 6.17. The number of aromatic nitrogens is 2. The van der Waals surface area contributed by atoms with Crippen LogP contribution in [0.5, 0.6) is 0 Å². The summed E-state index contributed by atoms with van der Waals surface area (Å²) in [4.78, 5) is 20.5. The molecular weight excluding hydrogens is 388 g/mol. The quantitative estimate of drug-likeness (QED) is 0.386. The highest BCUT2D eigenvalue weighted by Gasteiger charge is 2.11. The summed E-state index contributed by atoms with van der Waals surface area (Å²) in [5, 5.41) is 5.81. The lowest BCUT2D eigenvalue weighted by Gasteiger charge is -2.11. The van der Waals surface area contributed by atoms with E-state index < -0.39 is 0 Å². The molecule has 1 amide bonds. The topological polar surface area (TPSA) is 93.2 Å². The van der Waals surface area contributed by atoms with E-state index >= 15 is 0 Å². The van der Waals surface area contributed by atoms with Gasteiger partial charge in [0.05, 0.1) is 6.26 Å². The van der Waals surface area contributed by atoms with Crippen molar-refractivity contribution in [3.63, 3.8) is 0 Å². The van der Waals surface area contributed by atoms with E-state index in [2.05, 4.69) is 20.6 Å². The number of thiocarbonyl (C=S) groups is 1. The van der Waals surface area contributed by atoms with Crippen LogP contribution in [-0.4, -0.2) is 21.0 Å². The van der Waals surface area contributed by atoms with Crippen LogP contribution < -0.4 is 10.6 Å². The van der Waals surface area contributed by atoms with Gasteiger partial charge in [0, 0.05) is 23.5 Å². The smallest absolute Gasteiger partial charge is 0.250 e. The summed E-state index contributed by atoms with van der Waals surface area (Å²) in [5.41, 5.74) is 3.70. The van der Waals surface area contributed by atoms with Gasteiger partial charge in [-0.2, -0.15) is 4.98 Å². The van der Waals surface area contributed by atoms with E-state index in [0.29, 0.717) is 22.9 Å². The maximum atomic E-state index is 12.0. The summed E-state index contributed by atoms with van der Waals surface area (Å²) in [5.74, 6) is 0.722. The number of nitrogens with one attached hydrogen (secondary N) is 2. The molecule has 4 aromatic rings. The van der Waals surface area contributed by atoms with E-state index in [4.69, 9.17) is 21.1 Å². The van der Waals surface area contributed by atoms with E-state index in [0.717, 1.165) is 16.8 Å². The first kappa shape index (κ1) is 18.6. The van der Waals surface area contributed by atoms with Crippen molar-refractivity contribution in [2.45, 2.75) is 6.92 Å². The van der Waals surface area contributed by atoms with Crippen LogP contribution in [0, 0.1) is 6.92 Å². The lowest BCUT2D eigenvalue weighted by Crippen LogP contribution is -2.33. The molecule has 0 fully saturated rings. The standard InChI is InChI=1S/C21H16N4O3S/c1-13-12-14(20-25-19-17(28-20)5-2-10-22-19)6-8-16(13)23-21(29)24-18(26)9-7-15-4-3-11-27-15/h2-12H,1H3,(H2,23,24,26,29)/b9-7+. The van der Waals surface area contributed by atoms with Gasteiger partial charge in [-0.05, 0) is 73.2 Å². The van der Waals surface area contributed by atoms with Gasteiger partial charge in [0.2, 0.25) is 11.8 Å². The van der Waals surface area contributed by atoms with Crippen molar-refractivity contribution < 1.29 is 13.6 Å². The molecule has 0 saturated heterocycles.